The highest BCUT2D eigenvalue weighted by atomic mass is 16.5. The third-order valence-electron chi connectivity index (χ3n) is 4.52. The van der Waals surface area contributed by atoms with E-state index in [4.69, 9.17) is 14.2 Å². The molecule has 2 aromatic rings. The molecule has 3 rings (SSSR count). The molecular weight excluding hydrogens is 374 g/mol. The first kappa shape index (κ1) is 20.5. The van der Waals surface area contributed by atoms with Gasteiger partial charge in [0.25, 0.3) is 0 Å². The van der Waals surface area contributed by atoms with Crippen LogP contribution in [0.25, 0.3) is 0 Å². The second kappa shape index (κ2) is 9.79. The summed E-state index contributed by atoms with van der Waals surface area (Å²) in [5.74, 6) is 0.249. The number of anilines is 3. The number of nitrogens with zero attached hydrogens (tertiary/aromatic N) is 1. The predicted octanol–water partition coefficient (Wildman–Crippen LogP) is 2.51. The summed E-state index contributed by atoms with van der Waals surface area (Å²) in [5.41, 5.74) is 2.12. The topological polar surface area (TPSA) is 89.1 Å². The molecule has 8 heteroatoms. The SMILES string of the molecule is COc1ccc(NC(=O)CC(=O)Nc2ccccc2N2CCOCC2)cc1OC. The van der Waals surface area contributed by atoms with Gasteiger partial charge in [-0.25, -0.2) is 0 Å². The Kier molecular flexibility index (Phi) is 6.91. The molecule has 1 aliphatic rings. The number of ether oxygens (including phenoxy) is 3. The van der Waals surface area contributed by atoms with Crippen LogP contribution in [0.4, 0.5) is 17.1 Å². The number of amides is 2. The first-order chi connectivity index (χ1) is 14.1. The molecule has 8 nitrogen and oxygen atoms in total. The van der Waals surface area contributed by atoms with Crippen LogP contribution in [0.1, 0.15) is 6.42 Å². The van der Waals surface area contributed by atoms with Crippen LogP contribution >= 0.6 is 0 Å². The lowest BCUT2D eigenvalue weighted by Gasteiger charge is -2.30. The Morgan fingerprint density at radius 2 is 1.66 bits per heavy atom. The van der Waals surface area contributed by atoms with E-state index in [0.717, 1.165) is 18.8 Å². The van der Waals surface area contributed by atoms with Crippen molar-refractivity contribution in [2.75, 3.05) is 56.1 Å². The van der Waals surface area contributed by atoms with Gasteiger partial charge in [0.15, 0.2) is 11.5 Å². The molecule has 0 radical (unpaired) electrons. The first-order valence-electron chi connectivity index (χ1n) is 9.34. The lowest BCUT2D eigenvalue weighted by atomic mass is 10.2. The lowest BCUT2D eigenvalue weighted by Crippen LogP contribution is -2.36. The molecule has 0 aromatic heterocycles. The normalized spacial score (nSPS) is 13.5. The average molecular weight is 399 g/mol. The molecule has 29 heavy (non-hydrogen) atoms. The molecule has 0 atom stereocenters. The molecule has 0 saturated carbocycles. The average Bonchev–Trinajstić information content (AvgIpc) is 2.74. The van der Waals surface area contributed by atoms with Crippen molar-refractivity contribution in [1.82, 2.24) is 0 Å². The molecule has 0 bridgehead atoms. The summed E-state index contributed by atoms with van der Waals surface area (Å²) >= 11 is 0. The summed E-state index contributed by atoms with van der Waals surface area (Å²) in [4.78, 5) is 26.9. The van der Waals surface area contributed by atoms with E-state index in [0.29, 0.717) is 36.1 Å². The second-order valence-corrected chi connectivity index (χ2v) is 6.46. The number of benzene rings is 2. The van der Waals surface area contributed by atoms with Crippen LogP contribution in [-0.4, -0.2) is 52.3 Å². The van der Waals surface area contributed by atoms with Gasteiger partial charge in [-0.05, 0) is 24.3 Å². The molecule has 1 heterocycles. The van der Waals surface area contributed by atoms with Gasteiger partial charge >= 0.3 is 0 Å². The van der Waals surface area contributed by atoms with Crippen molar-refractivity contribution in [3.8, 4) is 11.5 Å². The van der Waals surface area contributed by atoms with Crippen LogP contribution in [0.3, 0.4) is 0 Å². The van der Waals surface area contributed by atoms with E-state index in [9.17, 15) is 9.59 Å². The predicted molar refractivity (Wildman–Crippen MR) is 111 cm³/mol. The van der Waals surface area contributed by atoms with E-state index < -0.39 is 5.91 Å². The van der Waals surface area contributed by atoms with Crippen molar-refractivity contribution in [3.63, 3.8) is 0 Å². The fourth-order valence-electron chi connectivity index (χ4n) is 3.12. The third kappa shape index (κ3) is 5.39. The van der Waals surface area contributed by atoms with Gasteiger partial charge in [0, 0.05) is 24.8 Å². The van der Waals surface area contributed by atoms with Gasteiger partial charge in [-0.15, -0.1) is 0 Å². The summed E-state index contributed by atoms with van der Waals surface area (Å²) in [5, 5.41) is 5.54. The molecule has 154 valence electrons. The monoisotopic (exact) mass is 399 g/mol. The number of carbonyl (C=O) groups excluding carboxylic acids is 2. The maximum Gasteiger partial charge on any atom is 0.233 e. The summed E-state index contributed by atoms with van der Waals surface area (Å²) in [6.45, 7) is 2.81. The Labute approximate surface area is 169 Å². The number of para-hydroxylation sites is 2. The van der Waals surface area contributed by atoms with Crippen molar-refractivity contribution >= 4 is 28.9 Å². The Morgan fingerprint density at radius 3 is 2.38 bits per heavy atom. The zero-order valence-electron chi connectivity index (χ0n) is 16.6. The van der Waals surface area contributed by atoms with Crippen molar-refractivity contribution < 1.29 is 23.8 Å². The Hall–Kier alpha value is -3.26. The molecule has 2 N–H and O–H groups in total. The number of hydrogen-bond acceptors (Lipinski definition) is 6. The van der Waals surface area contributed by atoms with E-state index in [2.05, 4.69) is 15.5 Å². The molecule has 2 aromatic carbocycles. The number of carbonyl (C=O) groups is 2. The molecule has 0 unspecified atom stereocenters. The van der Waals surface area contributed by atoms with Crippen LogP contribution < -0.4 is 25.0 Å². The maximum absolute atomic E-state index is 12.4. The van der Waals surface area contributed by atoms with Crippen molar-refractivity contribution in [2.45, 2.75) is 6.42 Å². The van der Waals surface area contributed by atoms with E-state index >= 15 is 0 Å². The van der Waals surface area contributed by atoms with Crippen LogP contribution in [0, 0.1) is 0 Å². The van der Waals surface area contributed by atoms with Gasteiger partial charge in [-0.1, -0.05) is 12.1 Å². The minimum Gasteiger partial charge on any atom is -0.493 e. The third-order valence-corrected chi connectivity index (χ3v) is 4.52. The minimum atomic E-state index is -0.418. The standard InChI is InChI=1S/C21H25N3O5/c1-27-18-8-7-15(13-19(18)28-2)22-20(25)14-21(26)23-16-5-3-4-6-17(16)24-9-11-29-12-10-24/h3-8,13H,9-12,14H2,1-2H3,(H,22,25)(H,23,26). The van der Waals surface area contributed by atoms with Crippen LogP contribution in [0.2, 0.25) is 0 Å². The highest BCUT2D eigenvalue weighted by molar-refractivity contribution is 6.09. The van der Waals surface area contributed by atoms with Gasteiger partial charge in [0.2, 0.25) is 11.8 Å². The first-order valence-corrected chi connectivity index (χ1v) is 9.34. The van der Waals surface area contributed by atoms with Crippen molar-refractivity contribution in [2.24, 2.45) is 0 Å². The van der Waals surface area contributed by atoms with E-state index in [-0.39, 0.29) is 12.3 Å². The number of rotatable bonds is 7. The van der Waals surface area contributed by atoms with E-state index in [1.807, 2.05) is 24.3 Å². The van der Waals surface area contributed by atoms with E-state index in [1.54, 1.807) is 18.2 Å². The lowest BCUT2D eigenvalue weighted by molar-refractivity contribution is -0.123. The van der Waals surface area contributed by atoms with Gasteiger partial charge in [-0.3, -0.25) is 9.59 Å². The summed E-state index contributed by atoms with van der Waals surface area (Å²) in [6, 6.07) is 12.6. The summed E-state index contributed by atoms with van der Waals surface area (Å²) in [6.07, 6.45) is -0.300. The van der Waals surface area contributed by atoms with Crippen LogP contribution in [-0.2, 0) is 14.3 Å². The van der Waals surface area contributed by atoms with Gasteiger partial charge in [0.05, 0.1) is 38.8 Å². The van der Waals surface area contributed by atoms with Crippen LogP contribution in [0.15, 0.2) is 42.5 Å². The molecule has 1 saturated heterocycles. The molecule has 1 fully saturated rings. The van der Waals surface area contributed by atoms with E-state index in [1.165, 1.54) is 14.2 Å². The highest BCUT2D eigenvalue weighted by Gasteiger charge is 2.17. The zero-order valence-corrected chi connectivity index (χ0v) is 16.6. The molecule has 2 amide bonds. The zero-order chi connectivity index (χ0) is 20.6. The fraction of sp³-hybridized carbons (Fsp3) is 0.333. The van der Waals surface area contributed by atoms with Gasteiger partial charge in [-0.2, -0.15) is 0 Å². The quantitative estimate of drug-likeness (QED) is 0.696. The maximum atomic E-state index is 12.4. The number of methoxy groups -OCH3 is 2. The molecule has 0 spiro atoms. The number of nitrogens with one attached hydrogen (secondary N) is 2. The number of morpholine rings is 1. The Bertz CT molecular complexity index is 865. The smallest absolute Gasteiger partial charge is 0.233 e. The fourth-order valence-corrected chi connectivity index (χ4v) is 3.12. The Morgan fingerprint density at radius 1 is 0.966 bits per heavy atom. The Balaban J connectivity index is 1.60. The highest BCUT2D eigenvalue weighted by Crippen LogP contribution is 2.30. The van der Waals surface area contributed by atoms with Crippen LogP contribution in [0.5, 0.6) is 11.5 Å². The van der Waals surface area contributed by atoms with Gasteiger partial charge in [0.1, 0.15) is 6.42 Å². The van der Waals surface area contributed by atoms with Crippen molar-refractivity contribution in [1.29, 1.82) is 0 Å². The second-order valence-electron chi connectivity index (χ2n) is 6.46. The summed E-state index contributed by atoms with van der Waals surface area (Å²) in [7, 11) is 3.05. The molecule has 1 aliphatic heterocycles. The summed E-state index contributed by atoms with van der Waals surface area (Å²) < 4.78 is 15.8. The largest absolute Gasteiger partial charge is 0.493 e. The minimum absolute atomic E-state index is 0.300. The number of hydrogen-bond donors (Lipinski definition) is 2. The molecule has 0 aliphatic carbocycles. The van der Waals surface area contributed by atoms with Gasteiger partial charge < -0.3 is 29.7 Å². The van der Waals surface area contributed by atoms with Crippen molar-refractivity contribution in [3.05, 3.63) is 42.5 Å². The molecular formula is C21H25N3O5.